The number of carbonyl (C=O) groups is 1. The van der Waals surface area contributed by atoms with Crippen molar-refractivity contribution < 1.29 is 27.1 Å². The van der Waals surface area contributed by atoms with E-state index in [-0.39, 0.29) is 18.9 Å². The number of aryl methyl sites for hydroxylation is 1. The summed E-state index contributed by atoms with van der Waals surface area (Å²) in [7, 11) is -3.69. The molecule has 2 aromatic carbocycles. The van der Waals surface area contributed by atoms with Crippen molar-refractivity contribution in [1.82, 2.24) is 5.32 Å². The van der Waals surface area contributed by atoms with Crippen LogP contribution < -0.4 is 5.32 Å². The van der Waals surface area contributed by atoms with Crippen molar-refractivity contribution in [2.24, 2.45) is 0 Å². The maximum absolute atomic E-state index is 13.4. The molecule has 8 heteroatoms. The highest BCUT2D eigenvalue weighted by Gasteiger charge is 2.18. The minimum atomic E-state index is -3.69. The molecule has 0 spiro atoms. The van der Waals surface area contributed by atoms with Gasteiger partial charge < -0.3 is 10.4 Å². The monoisotopic (exact) mass is 383 g/mol. The number of rotatable bonds is 7. The molecule has 26 heavy (non-hydrogen) atoms. The van der Waals surface area contributed by atoms with E-state index in [1.807, 2.05) is 0 Å². The summed E-state index contributed by atoms with van der Waals surface area (Å²) in [5.41, 5.74) is 2.04. The van der Waals surface area contributed by atoms with Gasteiger partial charge in [0.05, 0.1) is 12.4 Å². The van der Waals surface area contributed by atoms with Gasteiger partial charge in [-0.2, -0.15) is 0 Å². The van der Waals surface area contributed by atoms with Crippen molar-refractivity contribution in [2.75, 3.05) is 18.9 Å². The maximum Gasteiger partial charge on any atom is 0.235 e. The summed E-state index contributed by atoms with van der Waals surface area (Å²) in [5, 5.41) is 10.9. The molecule has 0 unspecified atom stereocenters. The number of benzene rings is 2. The lowest BCUT2D eigenvalue weighted by Gasteiger charge is -2.10. The van der Waals surface area contributed by atoms with E-state index < -0.39 is 33.1 Å². The van der Waals surface area contributed by atoms with E-state index in [0.717, 1.165) is 6.07 Å². The molecular weight excluding hydrogens is 364 g/mol. The van der Waals surface area contributed by atoms with Crippen LogP contribution in [-0.4, -0.2) is 38.3 Å². The van der Waals surface area contributed by atoms with E-state index in [1.54, 1.807) is 25.1 Å². The van der Waals surface area contributed by atoms with Crippen LogP contribution in [-0.2, 0) is 20.4 Å². The maximum atomic E-state index is 13.4. The molecule has 0 heterocycles. The zero-order valence-corrected chi connectivity index (χ0v) is 14.9. The van der Waals surface area contributed by atoms with Crippen molar-refractivity contribution in [3.63, 3.8) is 0 Å². The SMILES string of the molecule is Cc1cc(-c2cc(F)cc(F)c2)ccc1CS(=O)(=O)CC(=O)NCCO. The highest BCUT2D eigenvalue weighted by Crippen LogP contribution is 2.25. The van der Waals surface area contributed by atoms with Gasteiger partial charge in [-0.25, -0.2) is 17.2 Å². The van der Waals surface area contributed by atoms with Crippen LogP contribution in [0.3, 0.4) is 0 Å². The van der Waals surface area contributed by atoms with E-state index in [1.165, 1.54) is 12.1 Å². The molecule has 0 atom stereocenters. The Bertz CT molecular complexity index is 893. The zero-order valence-electron chi connectivity index (χ0n) is 14.1. The molecule has 0 saturated carbocycles. The van der Waals surface area contributed by atoms with Gasteiger partial charge in [-0.15, -0.1) is 0 Å². The van der Waals surface area contributed by atoms with Crippen LogP contribution in [0.2, 0.25) is 0 Å². The summed E-state index contributed by atoms with van der Waals surface area (Å²) in [5.74, 6) is -3.08. The zero-order chi connectivity index (χ0) is 19.3. The first-order chi connectivity index (χ1) is 12.2. The highest BCUT2D eigenvalue weighted by molar-refractivity contribution is 7.91. The van der Waals surface area contributed by atoms with E-state index >= 15 is 0 Å². The Kier molecular flexibility index (Phi) is 6.44. The molecule has 0 radical (unpaired) electrons. The van der Waals surface area contributed by atoms with E-state index in [4.69, 9.17) is 5.11 Å². The Morgan fingerprint density at radius 2 is 1.73 bits per heavy atom. The third kappa shape index (κ3) is 5.60. The van der Waals surface area contributed by atoms with Crippen molar-refractivity contribution in [1.29, 1.82) is 0 Å². The molecule has 0 saturated heterocycles. The molecular formula is C18H19F2NO4S. The molecule has 0 fully saturated rings. The topological polar surface area (TPSA) is 83.5 Å². The summed E-state index contributed by atoms with van der Waals surface area (Å²) >= 11 is 0. The van der Waals surface area contributed by atoms with Crippen LogP contribution >= 0.6 is 0 Å². The van der Waals surface area contributed by atoms with Gasteiger partial charge >= 0.3 is 0 Å². The fourth-order valence-corrected chi connectivity index (χ4v) is 3.89. The second-order valence-corrected chi connectivity index (χ2v) is 7.97. The first-order valence-electron chi connectivity index (χ1n) is 7.84. The Hall–Kier alpha value is -2.32. The molecule has 0 aliphatic heterocycles. The molecule has 0 aromatic heterocycles. The number of aliphatic hydroxyl groups is 1. The van der Waals surface area contributed by atoms with E-state index in [9.17, 15) is 22.0 Å². The number of aliphatic hydroxyl groups excluding tert-OH is 1. The molecule has 2 rings (SSSR count). The molecule has 140 valence electrons. The largest absolute Gasteiger partial charge is 0.395 e. The highest BCUT2D eigenvalue weighted by atomic mass is 32.2. The number of hydrogen-bond acceptors (Lipinski definition) is 4. The Labute approximate surface area is 150 Å². The van der Waals surface area contributed by atoms with Gasteiger partial charge in [0, 0.05) is 12.6 Å². The molecule has 0 aliphatic carbocycles. The molecule has 2 aromatic rings. The van der Waals surface area contributed by atoms with Crippen molar-refractivity contribution >= 4 is 15.7 Å². The normalized spacial score (nSPS) is 11.4. The van der Waals surface area contributed by atoms with Gasteiger partial charge in [0.15, 0.2) is 9.84 Å². The smallest absolute Gasteiger partial charge is 0.235 e. The minimum Gasteiger partial charge on any atom is -0.395 e. The van der Waals surface area contributed by atoms with Gasteiger partial charge in [-0.05, 0) is 41.3 Å². The number of sulfone groups is 1. The number of halogens is 2. The third-order valence-electron chi connectivity index (χ3n) is 3.70. The number of hydrogen-bond donors (Lipinski definition) is 2. The van der Waals surface area contributed by atoms with Crippen LogP contribution in [0.15, 0.2) is 36.4 Å². The summed E-state index contributed by atoms with van der Waals surface area (Å²) in [6, 6.07) is 7.96. The number of nitrogens with one attached hydrogen (secondary N) is 1. The first kappa shape index (κ1) is 20.0. The Morgan fingerprint density at radius 1 is 1.08 bits per heavy atom. The fourth-order valence-electron chi connectivity index (χ4n) is 2.49. The number of amides is 1. The Morgan fingerprint density at radius 3 is 2.31 bits per heavy atom. The third-order valence-corrected chi connectivity index (χ3v) is 5.15. The second-order valence-electron chi connectivity index (χ2n) is 5.91. The molecule has 0 bridgehead atoms. The van der Waals surface area contributed by atoms with Gasteiger partial charge in [0.1, 0.15) is 17.4 Å². The van der Waals surface area contributed by atoms with Crippen molar-refractivity contribution in [2.45, 2.75) is 12.7 Å². The van der Waals surface area contributed by atoms with Crippen LogP contribution in [0.4, 0.5) is 8.78 Å². The summed E-state index contributed by atoms with van der Waals surface area (Å²) in [6.45, 7) is 1.41. The van der Waals surface area contributed by atoms with Gasteiger partial charge in [0.2, 0.25) is 5.91 Å². The molecule has 0 aliphatic rings. The second kappa shape index (κ2) is 8.37. The lowest BCUT2D eigenvalue weighted by atomic mass is 10.0. The summed E-state index contributed by atoms with van der Waals surface area (Å²) < 4.78 is 51.0. The van der Waals surface area contributed by atoms with Gasteiger partial charge in [-0.1, -0.05) is 18.2 Å². The van der Waals surface area contributed by atoms with Crippen molar-refractivity contribution in [3.8, 4) is 11.1 Å². The lowest BCUT2D eigenvalue weighted by Crippen LogP contribution is -2.32. The Balaban J connectivity index is 2.18. The van der Waals surface area contributed by atoms with E-state index in [2.05, 4.69) is 5.32 Å². The van der Waals surface area contributed by atoms with Crippen molar-refractivity contribution in [3.05, 3.63) is 59.2 Å². The average Bonchev–Trinajstić information content (AvgIpc) is 2.53. The van der Waals surface area contributed by atoms with Crippen LogP contribution in [0.1, 0.15) is 11.1 Å². The van der Waals surface area contributed by atoms with Gasteiger partial charge in [-0.3, -0.25) is 4.79 Å². The number of carbonyl (C=O) groups excluding carboxylic acids is 1. The molecule has 1 amide bonds. The van der Waals surface area contributed by atoms with Crippen LogP contribution in [0, 0.1) is 18.6 Å². The lowest BCUT2D eigenvalue weighted by molar-refractivity contribution is -0.118. The first-order valence-corrected chi connectivity index (χ1v) is 9.66. The predicted molar refractivity (Wildman–Crippen MR) is 94.1 cm³/mol. The molecule has 2 N–H and O–H groups in total. The van der Waals surface area contributed by atoms with Crippen LogP contribution in [0.5, 0.6) is 0 Å². The minimum absolute atomic E-state index is 0.00767. The summed E-state index contributed by atoms with van der Waals surface area (Å²) in [4.78, 5) is 11.5. The van der Waals surface area contributed by atoms with Crippen LogP contribution in [0.25, 0.3) is 11.1 Å². The standard InChI is InChI=1S/C18H19F2NO4S/c1-12-6-13(15-7-16(19)9-17(20)8-15)2-3-14(12)10-26(24,25)11-18(23)21-4-5-22/h2-3,6-9,22H,4-5,10-11H2,1H3,(H,21,23). The molecule has 5 nitrogen and oxygen atoms in total. The predicted octanol–water partition coefficient (Wildman–Crippen LogP) is 1.96. The van der Waals surface area contributed by atoms with Gasteiger partial charge in [0.25, 0.3) is 0 Å². The summed E-state index contributed by atoms with van der Waals surface area (Å²) in [6.07, 6.45) is 0. The quantitative estimate of drug-likeness (QED) is 0.766. The average molecular weight is 383 g/mol. The van der Waals surface area contributed by atoms with E-state index in [0.29, 0.717) is 22.3 Å². The fraction of sp³-hybridized carbons (Fsp3) is 0.278.